The van der Waals surface area contributed by atoms with Crippen molar-refractivity contribution >= 4 is 5.97 Å². The van der Waals surface area contributed by atoms with Crippen molar-refractivity contribution < 1.29 is 14.3 Å². The third-order valence-electron chi connectivity index (χ3n) is 3.95. The van der Waals surface area contributed by atoms with E-state index in [9.17, 15) is 4.79 Å². The Morgan fingerprint density at radius 2 is 2.21 bits per heavy atom. The van der Waals surface area contributed by atoms with Gasteiger partial charge in [-0.05, 0) is 31.8 Å². The molecule has 1 fully saturated rings. The van der Waals surface area contributed by atoms with Gasteiger partial charge in [-0.15, -0.1) is 0 Å². The number of esters is 1. The first-order valence-corrected chi connectivity index (χ1v) is 7.18. The lowest BCUT2D eigenvalue weighted by molar-refractivity contribution is -0.143. The molecule has 1 saturated heterocycles. The summed E-state index contributed by atoms with van der Waals surface area (Å²) in [6.07, 6.45) is 2.25. The maximum Gasteiger partial charge on any atom is 0.322 e. The maximum atomic E-state index is 11.6. The van der Waals surface area contributed by atoms with Crippen LogP contribution in [-0.4, -0.2) is 63.4 Å². The van der Waals surface area contributed by atoms with E-state index in [1.54, 1.807) is 7.11 Å². The molecule has 1 aliphatic rings. The van der Waals surface area contributed by atoms with Crippen molar-refractivity contribution in [2.24, 2.45) is 5.92 Å². The van der Waals surface area contributed by atoms with E-state index in [0.717, 1.165) is 39.0 Å². The van der Waals surface area contributed by atoms with Gasteiger partial charge >= 0.3 is 5.97 Å². The summed E-state index contributed by atoms with van der Waals surface area (Å²) in [6, 6.07) is -0.199. The van der Waals surface area contributed by atoms with Crippen molar-refractivity contribution in [3.05, 3.63) is 0 Å². The van der Waals surface area contributed by atoms with Gasteiger partial charge in [-0.1, -0.05) is 13.8 Å². The van der Waals surface area contributed by atoms with Crippen LogP contribution in [0.5, 0.6) is 0 Å². The summed E-state index contributed by atoms with van der Waals surface area (Å²) in [5, 5.41) is 3.17. The zero-order valence-corrected chi connectivity index (χ0v) is 12.6. The van der Waals surface area contributed by atoms with E-state index in [1.807, 2.05) is 6.92 Å². The number of carbonyl (C=O) groups is 1. The molecule has 1 aliphatic heterocycles. The lowest BCUT2D eigenvalue weighted by Crippen LogP contribution is -2.46. The van der Waals surface area contributed by atoms with Gasteiger partial charge in [-0.25, -0.2) is 0 Å². The number of likely N-dealkylation sites (N-methyl/N-ethyl adjacent to an activating group) is 1. The molecule has 0 spiro atoms. The van der Waals surface area contributed by atoms with E-state index in [2.05, 4.69) is 17.1 Å². The normalized spacial score (nSPS) is 26.1. The molecule has 1 heterocycles. The fourth-order valence-electron chi connectivity index (χ4n) is 2.61. The second-order valence-corrected chi connectivity index (χ2v) is 5.26. The first-order chi connectivity index (χ1) is 9.12. The van der Waals surface area contributed by atoms with E-state index in [1.165, 1.54) is 7.11 Å². The summed E-state index contributed by atoms with van der Waals surface area (Å²) in [7, 11) is 3.22. The van der Waals surface area contributed by atoms with Crippen molar-refractivity contribution in [1.29, 1.82) is 0 Å². The number of carbonyl (C=O) groups excluding carboxylic acids is 1. The first kappa shape index (κ1) is 16.4. The van der Waals surface area contributed by atoms with Crippen molar-refractivity contribution in [1.82, 2.24) is 10.2 Å². The summed E-state index contributed by atoms with van der Waals surface area (Å²) in [4.78, 5) is 14.0. The molecule has 0 aromatic rings. The fourth-order valence-corrected chi connectivity index (χ4v) is 2.61. The van der Waals surface area contributed by atoms with E-state index >= 15 is 0 Å². The van der Waals surface area contributed by atoms with Crippen LogP contribution in [-0.2, 0) is 14.3 Å². The van der Waals surface area contributed by atoms with Crippen LogP contribution in [0, 0.1) is 5.92 Å². The van der Waals surface area contributed by atoms with Crippen LogP contribution in [0.25, 0.3) is 0 Å². The SMILES string of the molecule is CCNC(CCN1CCC(C)C(OC)C1)C(=O)OC. The average Bonchev–Trinajstić information content (AvgIpc) is 2.44. The molecule has 0 saturated carbocycles. The number of methoxy groups -OCH3 is 2. The number of nitrogens with one attached hydrogen (secondary N) is 1. The molecule has 0 amide bonds. The molecule has 0 bridgehead atoms. The molecule has 5 nitrogen and oxygen atoms in total. The van der Waals surface area contributed by atoms with Gasteiger partial charge in [0.25, 0.3) is 0 Å². The zero-order valence-electron chi connectivity index (χ0n) is 12.6. The van der Waals surface area contributed by atoms with Crippen molar-refractivity contribution in [2.75, 3.05) is 40.4 Å². The number of likely N-dealkylation sites (tertiary alicyclic amines) is 1. The highest BCUT2D eigenvalue weighted by Crippen LogP contribution is 2.19. The van der Waals surface area contributed by atoms with Gasteiger partial charge in [0, 0.05) is 20.2 Å². The smallest absolute Gasteiger partial charge is 0.322 e. The molecular formula is C14H28N2O3. The predicted molar refractivity (Wildman–Crippen MR) is 75.1 cm³/mol. The van der Waals surface area contributed by atoms with E-state index in [4.69, 9.17) is 9.47 Å². The van der Waals surface area contributed by atoms with Gasteiger partial charge < -0.3 is 19.7 Å². The van der Waals surface area contributed by atoms with E-state index < -0.39 is 0 Å². The Balaban J connectivity index is 2.39. The predicted octanol–water partition coefficient (Wildman–Crippen LogP) is 0.884. The second kappa shape index (κ2) is 8.51. The summed E-state index contributed by atoms with van der Waals surface area (Å²) in [6.45, 7) is 7.95. The summed E-state index contributed by atoms with van der Waals surface area (Å²) >= 11 is 0. The Morgan fingerprint density at radius 1 is 1.47 bits per heavy atom. The number of rotatable bonds is 7. The molecule has 0 aromatic carbocycles. The molecule has 112 valence electrons. The lowest BCUT2D eigenvalue weighted by atomic mass is 9.95. The molecule has 0 radical (unpaired) electrons. The molecule has 0 aromatic heterocycles. The number of hydrogen-bond donors (Lipinski definition) is 1. The Morgan fingerprint density at radius 3 is 2.79 bits per heavy atom. The van der Waals surface area contributed by atoms with Crippen LogP contribution >= 0.6 is 0 Å². The molecular weight excluding hydrogens is 244 g/mol. The van der Waals surface area contributed by atoms with Gasteiger partial charge in [0.05, 0.1) is 13.2 Å². The van der Waals surface area contributed by atoms with Crippen LogP contribution in [0.1, 0.15) is 26.7 Å². The molecule has 5 heteroatoms. The second-order valence-electron chi connectivity index (χ2n) is 5.26. The lowest BCUT2D eigenvalue weighted by Gasteiger charge is -2.36. The standard InChI is InChI=1S/C14H28N2O3/c1-5-15-12(14(17)19-4)7-9-16-8-6-11(2)13(10-16)18-3/h11-13,15H,5-10H2,1-4H3. The molecule has 3 unspecified atom stereocenters. The summed E-state index contributed by atoms with van der Waals surface area (Å²) in [5.74, 6) is 0.446. The third kappa shape index (κ3) is 5.09. The van der Waals surface area contributed by atoms with Gasteiger partial charge in [0.2, 0.25) is 0 Å². The van der Waals surface area contributed by atoms with Crippen molar-refractivity contribution in [3.8, 4) is 0 Å². The van der Waals surface area contributed by atoms with Crippen LogP contribution in [0.4, 0.5) is 0 Å². The summed E-state index contributed by atoms with van der Waals surface area (Å²) < 4.78 is 10.3. The van der Waals surface area contributed by atoms with Gasteiger partial charge in [0.1, 0.15) is 6.04 Å². The molecule has 0 aliphatic carbocycles. The van der Waals surface area contributed by atoms with Crippen molar-refractivity contribution in [3.63, 3.8) is 0 Å². The zero-order chi connectivity index (χ0) is 14.3. The van der Waals surface area contributed by atoms with Crippen molar-refractivity contribution in [2.45, 2.75) is 38.8 Å². The Hall–Kier alpha value is -0.650. The minimum absolute atomic E-state index is 0.171. The minimum atomic E-state index is -0.199. The van der Waals surface area contributed by atoms with Gasteiger partial charge in [-0.3, -0.25) is 4.79 Å². The number of piperidine rings is 1. The Kier molecular flexibility index (Phi) is 7.34. The molecule has 1 rings (SSSR count). The Bertz CT molecular complexity index is 273. The highest BCUT2D eigenvalue weighted by Gasteiger charge is 2.27. The highest BCUT2D eigenvalue weighted by molar-refractivity contribution is 5.75. The van der Waals surface area contributed by atoms with Crippen LogP contribution in [0.2, 0.25) is 0 Å². The maximum absolute atomic E-state index is 11.6. The van der Waals surface area contributed by atoms with E-state index in [0.29, 0.717) is 12.0 Å². The monoisotopic (exact) mass is 272 g/mol. The fraction of sp³-hybridized carbons (Fsp3) is 0.929. The van der Waals surface area contributed by atoms with Crippen LogP contribution in [0.15, 0.2) is 0 Å². The quantitative estimate of drug-likeness (QED) is 0.697. The molecule has 3 atom stereocenters. The summed E-state index contributed by atoms with van der Waals surface area (Å²) in [5.41, 5.74) is 0. The third-order valence-corrected chi connectivity index (χ3v) is 3.95. The number of nitrogens with zero attached hydrogens (tertiary/aromatic N) is 1. The van der Waals surface area contributed by atoms with Crippen LogP contribution < -0.4 is 5.32 Å². The largest absolute Gasteiger partial charge is 0.468 e. The molecule has 1 N–H and O–H groups in total. The van der Waals surface area contributed by atoms with Crippen LogP contribution in [0.3, 0.4) is 0 Å². The number of hydrogen-bond acceptors (Lipinski definition) is 5. The topological polar surface area (TPSA) is 50.8 Å². The number of ether oxygens (including phenoxy) is 2. The molecule has 19 heavy (non-hydrogen) atoms. The average molecular weight is 272 g/mol. The first-order valence-electron chi connectivity index (χ1n) is 7.18. The van der Waals surface area contributed by atoms with Gasteiger partial charge in [0.15, 0.2) is 0 Å². The van der Waals surface area contributed by atoms with E-state index in [-0.39, 0.29) is 12.0 Å². The Labute approximate surface area is 116 Å². The highest BCUT2D eigenvalue weighted by atomic mass is 16.5. The minimum Gasteiger partial charge on any atom is -0.468 e. The van der Waals surface area contributed by atoms with Gasteiger partial charge in [-0.2, -0.15) is 0 Å².